The van der Waals surface area contributed by atoms with Gasteiger partial charge in [0.1, 0.15) is 11.7 Å². The van der Waals surface area contributed by atoms with Crippen LogP contribution in [-0.4, -0.2) is 59.1 Å². The first kappa shape index (κ1) is 23.0. The molecule has 0 amide bonds. The number of nitrogen functional groups attached to an aromatic ring is 1. The summed E-state index contributed by atoms with van der Waals surface area (Å²) in [5, 5.41) is 6.08. The Morgan fingerprint density at radius 3 is 2.32 bits per heavy atom. The largest absolute Gasteiger partial charge is 0.367 e. The van der Waals surface area contributed by atoms with Crippen LogP contribution < -0.4 is 15.5 Å². The second-order valence-corrected chi connectivity index (χ2v) is 10.3. The molecule has 2 heterocycles. The molecule has 0 spiro atoms. The number of hydrogen-bond acceptors (Lipinski definition) is 6. The Balaban J connectivity index is 1.56. The van der Waals surface area contributed by atoms with E-state index in [-0.39, 0.29) is 0 Å². The van der Waals surface area contributed by atoms with Crippen LogP contribution in [0.15, 0.2) is 42.5 Å². The van der Waals surface area contributed by atoms with E-state index in [0.717, 1.165) is 44.7 Å². The van der Waals surface area contributed by atoms with Gasteiger partial charge in [0, 0.05) is 44.1 Å². The number of anilines is 2. The van der Waals surface area contributed by atoms with Crippen LogP contribution in [0, 0.1) is 0 Å². The molecule has 1 unspecified atom stereocenters. The zero-order valence-electron chi connectivity index (χ0n) is 20.6. The molecule has 1 saturated carbocycles. The number of nitrogens with zero attached hydrogens (tertiary/aromatic N) is 5. The van der Waals surface area contributed by atoms with Gasteiger partial charge in [0.25, 0.3) is 0 Å². The normalized spacial score (nSPS) is 20.6. The molecular weight excluding hydrogens is 422 g/mol. The number of piperidine rings is 1. The van der Waals surface area contributed by atoms with Crippen molar-refractivity contribution < 1.29 is 0 Å². The highest BCUT2D eigenvalue weighted by molar-refractivity contribution is 5.86. The molecule has 3 N–H and O–H groups in total. The van der Waals surface area contributed by atoms with Crippen LogP contribution in [-0.2, 0) is 0 Å². The SMILES string of the molecule is CN1CCC([N+](C)(c2ccc3ccccc3c2)c2nc(N)nc(NC3CCCCCC3)n2)CC1. The van der Waals surface area contributed by atoms with Crippen LogP contribution in [0.1, 0.15) is 51.4 Å². The minimum absolute atomic E-state index is 0.291. The summed E-state index contributed by atoms with van der Waals surface area (Å²) in [5.74, 6) is 1.64. The monoisotopic (exact) mass is 460 g/mol. The van der Waals surface area contributed by atoms with E-state index in [2.05, 4.69) is 71.8 Å². The lowest BCUT2D eigenvalue weighted by Crippen LogP contribution is -2.54. The van der Waals surface area contributed by atoms with Gasteiger partial charge in [-0.05, 0) is 36.7 Å². The summed E-state index contributed by atoms with van der Waals surface area (Å²) < 4.78 is 0.532. The average molecular weight is 461 g/mol. The van der Waals surface area contributed by atoms with Gasteiger partial charge in [-0.3, -0.25) is 0 Å². The molecule has 0 radical (unpaired) electrons. The summed E-state index contributed by atoms with van der Waals surface area (Å²) in [6.45, 7) is 2.14. The predicted molar refractivity (Wildman–Crippen MR) is 141 cm³/mol. The van der Waals surface area contributed by atoms with Gasteiger partial charge < -0.3 is 16.0 Å². The third-order valence-corrected chi connectivity index (χ3v) is 7.93. The second kappa shape index (κ2) is 9.84. The molecule has 1 atom stereocenters. The van der Waals surface area contributed by atoms with Gasteiger partial charge >= 0.3 is 5.95 Å². The Morgan fingerprint density at radius 1 is 0.882 bits per heavy atom. The molecule has 1 aliphatic carbocycles. The van der Waals surface area contributed by atoms with Gasteiger partial charge in [0.05, 0.1) is 7.05 Å². The Kier molecular flexibility index (Phi) is 6.66. The van der Waals surface area contributed by atoms with Crippen molar-refractivity contribution in [1.29, 1.82) is 0 Å². The van der Waals surface area contributed by atoms with Crippen molar-refractivity contribution in [2.24, 2.45) is 0 Å². The zero-order chi connectivity index (χ0) is 23.5. The van der Waals surface area contributed by atoms with Crippen molar-refractivity contribution in [2.75, 3.05) is 38.2 Å². The minimum Gasteiger partial charge on any atom is -0.367 e. The van der Waals surface area contributed by atoms with Gasteiger partial charge in [0.15, 0.2) is 0 Å². The van der Waals surface area contributed by atoms with Crippen molar-refractivity contribution in [3.63, 3.8) is 0 Å². The summed E-state index contributed by atoms with van der Waals surface area (Å²) in [7, 11) is 4.45. The summed E-state index contributed by atoms with van der Waals surface area (Å²) in [4.78, 5) is 16.7. The van der Waals surface area contributed by atoms with Crippen molar-refractivity contribution in [2.45, 2.75) is 63.5 Å². The van der Waals surface area contributed by atoms with E-state index < -0.39 is 0 Å². The maximum atomic E-state index is 6.29. The molecule has 2 fully saturated rings. The average Bonchev–Trinajstić information content (AvgIpc) is 3.12. The highest BCUT2D eigenvalue weighted by Gasteiger charge is 2.42. The van der Waals surface area contributed by atoms with E-state index in [1.807, 2.05) is 0 Å². The Bertz CT molecular complexity index is 1120. The van der Waals surface area contributed by atoms with Crippen LogP contribution in [0.5, 0.6) is 0 Å². The summed E-state index contributed by atoms with van der Waals surface area (Å²) in [5.41, 5.74) is 7.49. The number of nitrogens with one attached hydrogen (secondary N) is 1. The molecular formula is C27H38N7+. The fraction of sp³-hybridized carbons (Fsp3) is 0.519. The molecule has 1 saturated heterocycles. The quantitative estimate of drug-likeness (QED) is 0.407. The summed E-state index contributed by atoms with van der Waals surface area (Å²) in [6, 6.07) is 16.0. The standard InChI is InChI=1S/C27H38N7/c1-33-17-15-23(16-18-33)34(2,24-14-13-20-9-7-8-10-21(20)19-24)27-31-25(28)30-26(32-27)29-22-11-5-3-4-6-12-22/h7-10,13-14,19,22-23H,3-6,11-12,15-18H2,1-2H3,(H3,28,29,30,31,32)/q+1. The Morgan fingerprint density at radius 2 is 1.59 bits per heavy atom. The lowest BCUT2D eigenvalue weighted by molar-refractivity contribution is 0.180. The van der Waals surface area contributed by atoms with Crippen molar-refractivity contribution in [1.82, 2.24) is 24.3 Å². The van der Waals surface area contributed by atoms with Gasteiger partial charge in [0.2, 0.25) is 11.9 Å². The third-order valence-electron chi connectivity index (χ3n) is 7.93. The van der Waals surface area contributed by atoms with Crippen LogP contribution in [0.25, 0.3) is 10.8 Å². The fourth-order valence-electron chi connectivity index (χ4n) is 5.73. The van der Waals surface area contributed by atoms with E-state index in [4.69, 9.17) is 15.7 Å². The molecule has 5 rings (SSSR count). The van der Waals surface area contributed by atoms with Crippen LogP contribution in [0.4, 0.5) is 23.5 Å². The molecule has 180 valence electrons. The molecule has 7 nitrogen and oxygen atoms in total. The summed E-state index contributed by atoms with van der Waals surface area (Å²) in [6.07, 6.45) is 9.62. The number of rotatable bonds is 5. The molecule has 2 aliphatic rings. The van der Waals surface area contributed by atoms with Gasteiger partial charge in [-0.2, -0.15) is 4.98 Å². The highest BCUT2D eigenvalue weighted by atomic mass is 15.5. The molecule has 0 bridgehead atoms. The van der Waals surface area contributed by atoms with Crippen molar-refractivity contribution >= 4 is 34.3 Å². The number of quaternary nitrogens is 1. The number of hydrogen-bond donors (Lipinski definition) is 2. The maximum absolute atomic E-state index is 6.29. The molecule has 1 aromatic heterocycles. The van der Waals surface area contributed by atoms with Gasteiger partial charge in [-0.1, -0.05) is 49.9 Å². The second-order valence-electron chi connectivity index (χ2n) is 10.3. The third kappa shape index (κ3) is 4.72. The molecule has 7 heteroatoms. The molecule has 1 aliphatic heterocycles. The predicted octanol–water partition coefficient (Wildman–Crippen LogP) is 5.10. The van der Waals surface area contributed by atoms with Crippen LogP contribution >= 0.6 is 0 Å². The van der Waals surface area contributed by atoms with E-state index >= 15 is 0 Å². The van der Waals surface area contributed by atoms with E-state index in [9.17, 15) is 0 Å². The molecule has 2 aromatic carbocycles. The number of nitrogens with two attached hydrogens (primary N) is 1. The smallest absolute Gasteiger partial charge is 0.340 e. The van der Waals surface area contributed by atoms with E-state index in [1.165, 1.54) is 42.1 Å². The topological polar surface area (TPSA) is 80.0 Å². The van der Waals surface area contributed by atoms with Crippen LogP contribution in [0.3, 0.4) is 0 Å². The number of benzene rings is 2. The van der Waals surface area contributed by atoms with E-state index in [1.54, 1.807) is 0 Å². The molecule has 34 heavy (non-hydrogen) atoms. The number of likely N-dealkylation sites (tertiary alicyclic amines) is 1. The van der Waals surface area contributed by atoms with Gasteiger partial charge in [-0.15, -0.1) is 9.97 Å². The minimum atomic E-state index is 0.291. The van der Waals surface area contributed by atoms with Crippen molar-refractivity contribution in [3.8, 4) is 0 Å². The van der Waals surface area contributed by atoms with Crippen molar-refractivity contribution in [3.05, 3.63) is 42.5 Å². The maximum Gasteiger partial charge on any atom is 0.340 e. The number of fused-ring (bicyclic) bond motifs is 1. The Labute approximate surface area is 203 Å². The first-order valence-electron chi connectivity index (χ1n) is 12.8. The lowest BCUT2D eigenvalue weighted by atomic mass is 9.99. The van der Waals surface area contributed by atoms with Gasteiger partial charge in [-0.25, -0.2) is 4.48 Å². The molecule has 3 aromatic rings. The van der Waals surface area contributed by atoms with E-state index in [0.29, 0.717) is 28.5 Å². The Hall–Kier alpha value is -2.77. The first-order chi connectivity index (χ1) is 16.5. The van der Waals surface area contributed by atoms with Crippen LogP contribution in [0.2, 0.25) is 0 Å². The highest BCUT2D eigenvalue weighted by Crippen LogP contribution is 2.39. The summed E-state index contributed by atoms with van der Waals surface area (Å²) >= 11 is 0. The fourth-order valence-corrected chi connectivity index (χ4v) is 5.73. The first-order valence-corrected chi connectivity index (χ1v) is 12.8. The zero-order valence-corrected chi connectivity index (χ0v) is 20.6. The number of aromatic nitrogens is 3. The lowest BCUT2D eigenvalue weighted by Gasteiger charge is -2.42.